The molecule has 0 fully saturated rings. The second-order valence-corrected chi connectivity index (χ2v) is 7.00. The van der Waals surface area contributed by atoms with Gasteiger partial charge in [-0.05, 0) is 23.4 Å². The molecule has 0 atom stereocenters. The van der Waals surface area contributed by atoms with Crippen molar-refractivity contribution in [3.63, 3.8) is 0 Å². The summed E-state index contributed by atoms with van der Waals surface area (Å²) in [6.45, 7) is 2.10. The number of hydrogen-bond acceptors (Lipinski definition) is 2. The summed E-state index contributed by atoms with van der Waals surface area (Å²) in [7, 11) is 1.75. The van der Waals surface area contributed by atoms with Gasteiger partial charge in [0.25, 0.3) is 0 Å². The predicted octanol–water partition coefficient (Wildman–Crippen LogP) is 2.18. The van der Waals surface area contributed by atoms with Crippen LogP contribution in [0.4, 0.5) is 0 Å². The zero-order valence-electron chi connectivity index (χ0n) is 6.82. The summed E-state index contributed by atoms with van der Waals surface area (Å²) in [5.41, 5.74) is 0. The molecule has 0 saturated carbocycles. The van der Waals surface area contributed by atoms with Crippen molar-refractivity contribution < 1.29 is 8.85 Å². The van der Waals surface area contributed by atoms with Crippen LogP contribution < -0.4 is 0 Å². The number of halogens is 1. The van der Waals surface area contributed by atoms with E-state index in [1.54, 1.807) is 14.2 Å². The van der Waals surface area contributed by atoms with E-state index in [-0.39, 0.29) is 0 Å². The van der Waals surface area contributed by atoms with Gasteiger partial charge in [0.1, 0.15) is 0 Å². The molecule has 10 heavy (non-hydrogen) atoms. The Bertz CT molecular complexity index is 85.8. The highest BCUT2D eigenvalue weighted by atomic mass is 127. The topological polar surface area (TPSA) is 18.5 Å². The molecule has 0 unspecified atom stereocenters. The minimum Gasteiger partial charge on any atom is -0.398 e. The minimum atomic E-state index is -1.72. The van der Waals surface area contributed by atoms with Gasteiger partial charge in [-0.1, -0.05) is 22.6 Å². The van der Waals surface area contributed by atoms with Crippen molar-refractivity contribution in [1.29, 1.82) is 0 Å². The first kappa shape index (κ1) is 10.9. The second-order valence-electron chi connectivity index (χ2n) is 2.33. The normalized spacial score (nSPS) is 12.0. The Kier molecular flexibility index (Phi) is 5.99. The van der Waals surface area contributed by atoms with Crippen LogP contribution >= 0.6 is 22.6 Å². The lowest BCUT2D eigenvalue weighted by Crippen LogP contribution is -2.35. The molecule has 0 aliphatic heterocycles. The molecular weight excluding hydrogens is 259 g/mol. The molecule has 4 heteroatoms. The third-order valence-electron chi connectivity index (χ3n) is 1.63. The summed E-state index contributed by atoms with van der Waals surface area (Å²) >= 11 is 2.37. The summed E-state index contributed by atoms with van der Waals surface area (Å²) in [5, 5.41) is 0. The van der Waals surface area contributed by atoms with E-state index in [9.17, 15) is 0 Å². The van der Waals surface area contributed by atoms with Crippen molar-refractivity contribution in [3.05, 3.63) is 0 Å². The highest BCUT2D eigenvalue weighted by Crippen LogP contribution is 2.14. The lowest BCUT2D eigenvalue weighted by molar-refractivity contribution is 0.249. The smallest absolute Gasteiger partial charge is 0.334 e. The van der Waals surface area contributed by atoms with Gasteiger partial charge < -0.3 is 8.85 Å². The van der Waals surface area contributed by atoms with E-state index in [1.165, 1.54) is 10.8 Å². The fraction of sp³-hybridized carbons (Fsp3) is 1.00. The van der Waals surface area contributed by atoms with E-state index in [2.05, 4.69) is 29.1 Å². The lowest BCUT2D eigenvalue weighted by Gasteiger charge is -2.21. The average Bonchev–Trinajstić information content (AvgIpc) is 2.00. The van der Waals surface area contributed by atoms with Crippen LogP contribution in [0.2, 0.25) is 12.6 Å². The molecule has 0 aliphatic carbocycles. The van der Waals surface area contributed by atoms with Gasteiger partial charge in [0.2, 0.25) is 0 Å². The number of hydrogen-bond donors (Lipinski definition) is 0. The van der Waals surface area contributed by atoms with Crippen LogP contribution in [0.15, 0.2) is 0 Å². The third kappa shape index (κ3) is 3.90. The maximum absolute atomic E-state index is 5.30. The maximum atomic E-state index is 5.30. The Morgan fingerprint density at radius 1 is 1.30 bits per heavy atom. The Hall–Kier alpha value is 0.867. The van der Waals surface area contributed by atoms with Crippen molar-refractivity contribution in [2.45, 2.75) is 19.0 Å². The lowest BCUT2D eigenvalue weighted by atomic mass is 10.6. The van der Waals surface area contributed by atoms with Gasteiger partial charge in [-0.2, -0.15) is 0 Å². The molecule has 0 saturated heterocycles. The predicted molar refractivity (Wildman–Crippen MR) is 53.9 cm³/mol. The first-order valence-electron chi connectivity index (χ1n) is 3.35. The van der Waals surface area contributed by atoms with Gasteiger partial charge in [-0.3, -0.25) is 0 Å². The highest BCUT2D eigenvalue weighted by Gasteiger charge is 2.27. The van der Waals surface area contributed by atoms with Gasteiger partial charge in [-0.15, -0.1) is 0 Å². The van der Waals surface area contributed by atoms with E-state index < -0.39 is 8.56 Å². The Morgan fingerprint density at radius 3 is 2.10 bits per heavy atom. The van der Waals surface area contributed by atoms with Crippen molar-refractivity contribution >= 4 is 31.2 Å². The van der Waals surface area contributed by atoms with Crippen LogP contribution in [0.5, 0.6) is 0 Å². The molecule has 62 valence electrons. The monoisotopic (exact) mass is 274 g/mol. The van der Waals surface area contributed by atoms with Crippen molar-refractivity contribution in [1.82, 2.24) is 0 Å². The highest BCUT2D eigenvalue weighted by molar-refractivity contribution is 14.1. The molecule has 0 N–H and O–H groups in total. The summed E-state index contributed by atoms with van der Waals surface area (Å²) in [6.07, 6.45) is 1.20. The molecule has 0 aliphatic rings. The second kappa shape index (κ2) is 5.51. The fourth-order valence-corrected chi connectivity index (χ4v) is 3.17. The van der Waals surface area contributed by atoms with Gasteiger partial charge in [0.15, 0.2) is 0 Å². The van der Waals surface area contributed by atoms with E-state index in [0.717, 1.165) is 6.04 Å². The summed E-state index contributed by atoms with van der Waals surface area (Å²) in [6, 6.07) is 1.10. The van der Waals surface area contributed by atoms with E-state index in [1.807, 2.05) is 0 Å². The van der Waals surface area contributed by atoms with Gasteiger partial charge >= 0.3 is 8.56 Å². The van der Waals surface area contributed by atoms with E-state index in [4.69, 9.17) is 8.85 Å². The maximum Gasteiger partial charge on any atom is 0.334 e. The molecule has 0 aromatic carbocycles. The standard InChI is InChI=1S/C6H15IO2Si/c1-8-10(3,9-2)6-4-5-7/h4-6H2,1-3H3. The van der Waals surface area contributed by atoms with Crippen molar-refractivity contribution in [2.75, 3.05) is 18.6 Å². The number of rotatable bonds is 5. The fourth-order valence-electron chi connectivity index (χ4n) is 0.675. The third-order valence-corrected chi connectivity index (χ3v) is 5.38. The van der Waals surface area contributed by atoms with Gasteiger partial charge in [-0.25, -0.2) is 0 Å². The van der Waals surface area contributed by atoms with Crippen LogP contribution in [0.25, 0.3) is 0 Å². The Morgan fingerprint density at radius 2 is 1.80 bits per heavy atom. The number of alkyl halides is 1. The first-order chi connectivity index (χ1) is 4.68. The zero-order valence-corrected chi connectivity index (χ0v) is 9.97. The van der Waals surface area contributed by atoms with Crippen molar-refractivity contribution in [3.8, 4) is 0 Å². The van der Waals surface area contributed by atoms with E-state index in [0.29, 0.717) is 0 Å². The van der Waals surface area contributed by atoms with Gasteiger partial charge in [0.05, 0.1) is 0 Å². The molecule has 0 spiro atoms. The largest absolute Gasteiger partial charge is 0.398 e. The van der Waals surface area contributed by atoms with Crippen LogP contribution in [-0.4, -0.2) is 27.2 Å². The van der Waals surface area contributed by atoms with Crippen LogP contribution in [0.3, 0.4) is 0 Å². The molecule has 0 rings (SSSR count). The minimum absolute atomic E-state index is 1.10. The summed E-state index contributed by atoms with van der Waals surface area (Å²) in [4.78, 5) is 0. The summed E-state index contributed by atoms with van der Waals surface area (Å²) < 4.78 is 11.8. The van der Waals surface area contributed by atoms with Crippen LogP contribution in [0, 0.1) is 0 Å². The van der Waals surface area contributed by atoms with Crippen molar-refractivity contribution in [2.24, 2.45) is 0 Å². The molecule has 0 aromatic heterocycles. The average molecular weight is 274 g/mol. The molecule has 0 radical (unpaired) electrons. The molecule has 0 heterocycles. The Labute approximate surface area is 77.7 Å². The van der Waals surface area contributed by atoms with Gasteiger partial charge in [0, 0.05) is 14.2 Å². The molecule has 0 bridgehead atoms. The SMILES string of the molecule is CO[Si](C)(CCCI)OC. The van der Waals surface area contributed by atoms with Crippen LogP contribution in [-0.2, 0) is 8.85 Å². The molecular formula is C6H15IO2Si. The molecule has 0 aromatic rings. The molecule has 2 nitrogen and oxygen atoms in total. The molecule has 0 amide bonds. The Balaban J connectivity index is 3.58. The quantitative estimate of drug-likeness (QED) is 0.434. The summed E-state index contributed by atoms with van der Waals surface area (Å²) in [5.74, 6) is 0. The van der Waals surface area contributed by atoms with E-state index >= 15 is 0 Å². The zero-order chi connectivity index (χ0) is 8.04. The van der Waals surface area contributed by atoms with Crippen LogP contribution in [0.1, 0.15) is 6.42 Å². The first-order valence-corrected chi connectivity index (χ1v) is 7.39.